The lowest BCUT2D eigenvalue weighted by Crippen LogP contribution is -2.20. The smallest absolute Gasteiger partial charge is 0.360 e. The van der Waals surface area contributed by atoms with Crippen molar-refractivity contribution in [3.05, 3.63) is 57.2 Å². The first-order valence-corrected chi connectivity index (χ1v) is 5.15. The predicted octanol–water partition coefficient (Wildman–Crippen LogP) is 1.72. The number of carboxylic acids is 1. The Morgan fingerprint density at radius 3 is 2.78 bits per heavy atom. The highest BCUT2D eigenvalue weighted by Gasteiger charge is 2.12. The van der Waals surface area contributed by atoms with Gasteiger partial charge in [-0.25, -0.2) is 13.9 Å². The molecular weight excluding hydrogens is 263 g/mol. The van der Waals surface area contributed by atoms with E-state index in [2.05, 4.69) is 5.10 Å². The summed E-state index contributed by atoms with van der Waals surface area (Å²) in [6.45, 7) is 0. The van der Waals surface area contributed by atoms with Gasteiger partial charge in [-0.05, 0) is 12.1 Å². The van der Waals surface area contributed by atoms with Crippen molar-refractivity contribution >= 4 is 17.6 Å². The average Bonchev–Trinajstić information content (AvgIpc) is 2.33. The van der Waals surface area contributed by atoms with Gasteiger partial charge in [-0.2, -0.15) is 5.10 Å². The number of hydrogen-bond donors (Lipinski definition) is 1. The molecule has 1 heterocycles. The second-order valence-corrected chi connectivity index (χ2v) is 3.78. The molecule has 92 valence electrons. The zero-order valence-corrected chi connectivity index (χ0v) is 9.56. The number of hydrogen-bond acceptors (Lipinski definition) is 3. The maximum atomic E-state index is 13.1. The van der Waals surface area contributed by atoms with Crippen LogP contribution in [0.3, 0.4) is 0 Å². The molecule has 1 aromatic carbocycles. The number of nitrogens with zero attached hydrogens (tertiary/aromatic N) is 2. The molecule has 0 atom stereocenters. The van der Waals surface area contributed by atoms with E-state index in [1.165, 1.54) is 12.3 Å². The summed E-state index contributed by atoms with van der Waals surface area (Å²) >= 11 is 5.85. The minimum Gasteiger partial charge on any atom is -0.476 e. The summed E-state index contributed by atoms with van der Waals surface area (Å²) in [5.41, 5.74) is -1.23. The van der Waals surface area contributed by atoms with Gasteiger partial charge in [-0.1, -0.05) is 11.6 Å². The molecule has 0 unspecified atom stereocenters. The second-order valence-electron chi connectivity index (χ2n) is 3.37. The van der Waals surface area contributed by atoms with Gasteiger partial charge in [0.2, 0.25) is 11.1 Å². The fourth-order valence-corrected chi connectivity index (χ4v) is 1.56. The minimum absolute atomic E-state index is 0.152. The summed E-state index contributed by atoms with van der Waals surface area (Å²) in [7, 11) is 0. The van der Waals surface area contributed by atoms with E-state index in [0.717, 1.165) is 22.9 Å². The van der Waals surface area contributed by atoms with Gasteiger partial charge in [-0.3, -0.25) is 4.79 Å². The summed E-state index contributed by atoms with van der Waals surface area (Å²) in [6.07, 6.45) is 1.22. The van der Waals surface area contributed by atoms with Crippen LogP contribution in [0.1, 0.15) is 10.5 Å². The third kappa shape index (κ3) is 2.23. The molecule has 0 radical (unpaired) electrons. The fraction of sp³-hybridized carbons (Fsp3) is 0. The number of rotatable bonds is 2. The number of halogens is 2. The van der Waals surface area contributed by atoms with Crippen LogP contribution in [-0.4, -0.2) is 20.9 Å². The average molecular weight is 269 g/mol. The zero-order valence-electron chi connectivity index (χ0n) is 8.80. The van der Waals surface area contributed by atoms with Crippen LogP contribution in [0, 0.1) is 5.82 Å². The van der Waals surface area contributed by atoms with Crippen LogP contribution in [0.5, 0.6) is 0 Å². The Morgan fingerprint density at radius 1 is 1.39 bits per heavy atom. The fourth-order valence-electron chi connectivity index (χ4n) is 1.35. The van der Waals surface area contributed by atoms with Gasteiger partial charge in [0.25, 0.3) is 0 Å². The topological polar surface area (TPSA) is 72.2 Å². The number of carbonyl (C=O) groups is 1. The SMILES string of the molecule is O=C(O)c1nn(-c2cc(F)ccc2Cl)ccc1=O. The van der Waals surface area contributed by atoms with Crippen LogP contribution in [-0.2, 0) is 0 Å². The largest absolute Gasteiger partial charge is 0.476 e. The third-order valence-electron chi connectivity index (χ3n) is 2.17. The Morgan fingerprint density at radius 2 is 2.11 bits per heavy atom. The van der Waals surface area contributed by atoms with Crippen LogP contribution >= 0.6 is 11.6 Å². The molecule has 0 spiro atoms. The van der Waals surface area contributed by atoms with E-state index in [-0.39, 0.29) is 10.7 Å². The van der Waals surface area contributed by atoms with Crippen molar-refractivity contribution < 1.29 is 14.3 Å². The van der Waals surface area contributed by atoms with E-state index in [1.54, 1.807) is 0 Å². The van der Waals surface area contributed by atoms with Gasteiger partial charge in [0.15, 0.2) is 0 Å². The highest BCUT2D eigenvalue weighted by Crippen LogP contribution is 2.20. The van der Waals surface area contributed by atoms with Gasteiger partial charge in [0.05, 0.1) is 10.7 Å². The Kier molecular flexibility index (Phi) is 3.12. The molecule has 0 aliphatic rings. The van der Waals surface area contributed by atoms with Crippen molar-refractivity contribution in [3.63, 3.8) is 0 Å². The number of carboxylic acid groups (broad SMARTS) is 1. The van der Waals surface area contributed by atoms with Crippen LogP contribution in [0.15, 0.2) is 35.3 Å². The first-order chi connectivity index (χ1) is 8.49. The molecule has 2 aromatic rings. The lowest BCUT2D eigenvalue weighted by Gasteiger charge is -2.07. The minimum atomic E-state index is -1.46. The lowest BCUT2D eigenvalue weighted by molar-refractivity contribution is 0.0687. The highest BCUT2D eigenvalue weighted by atomic mass is 35.5. The van der Waals surface area contributed by atoms with Gasteiger partial charge < -0.3 is 5.11 Å². The number of aromatic carboxylic acids is 1. The van der Waals surface area contributed by atoms with E-state index in [1.807, 2.05) is 0 Å². The number of benzene rings is 1. The normalized spacial score (nSPS) is 10.3. The van der Waals surface area contributed by atoms with Crippen molar-refractivity contribution in [3.8, 4) is 5.69 Å². The Balaban J connectivity index is 2.65. The highest BCUT2D eigenvalue weighted by molar-refractivity contribution is 6.32. The molecule has 7 heteroatoms. The van der Waals surface area contributed by atoms with Crippen LogP contribution in [0.4, 0.5) is 4.39 Å². The monoisotopic (exact) mass is 268 g/mol. The standard InChI is InChI=1S/C11H6ClFN2O3/c12-7-2-1-6(13)5-8(7)15-4-3-9(16)10(14-15)11(17)18/h1-5H,(H,17,18). The summed E-state index contributed by atoms with van der Waals surface area (Å²) in [5.74, 6) is -2.01. The Bertz CT molecular complexity index is 684. The van der Waals surface area contributed by atoms with Crippen molar-refractivity contribution in [1.82, 2.24) is 9.78 Å². The zero-order chi connectivity index (χ0) is 13.3. The summed E-state index contributed by atoms with van der Waals surface area (Å²) < 4.78 is 14.1. The molecule has 0 aliphatic heterocycles. The van der Waals surface area contributed by atoms with Crippen molar-refractivity contribution in [2.45, 2.75) is 0 Å². The first kappa shape index (κ1) is 12.3. The predicted molar refractivity (Wildman–Crippen MR) is 61.8 cm³/mol. The first-order valence-electron chi connectivity index (χ1n) is 4.78. The van der Waals surface area contributed by atoms with Crippen LogP contribution in [0.25, 0.3) is 5.69 Å². The number of aromatic nitrogens is 2. The van der Waals surface area contributed by atoms with E-state index in [9.17, 15) is 14.0 Å². The van der Waals surface area contributed by atoms with E-state index in [0.29, 0.717) is 0 Å². The molecule has 18 heavy (non-hydrogen) atoms. The molecule has 0 fully saturated rings. The molecule has 0 bridgehead atoms. The van der Waals surface area contributed by atoms with Crippen molar-refractivity contribution in [2.75, 3.05) is 0 Å². The molecule has 2 rings (SSSR count). The maximum Gasteiger partial charge on any atom is 0.360 e. The molecule has 1 aromatic heterocycles. The van der Waals surface area contributed by atoms with Gasteiger partial charge >= 0.3 is 5.97 Å². The molecule has 5 nitrogen and oxygen atoms in total. The maximum absolute atomic E-state index is 13.1. The van der Waals surface area contributed by atoms with Gasteiger partial charge in [-0.15, -0.1) is 0 Å². The molecule has 0 aliphatic carbocycles. The Hall–Kier alpha value is -2.21. The summed E-state index contributed by atoms with van der Waals surface area (Å²) in [5, 5.41) is 12.6. The molecule has 0 saturated carbocycles. The lowest BCUT2D eigenvalue weighted by atomic mass is 10.3. The molecule has 1 N–H and O–H groups in total. The molecule has 0 amide bonds. The second kappa shape index (κ2) is 4.58. The van der Waals surface area contributed by atoms with E-state index in [4.69, 9.17) is 16.7 Å². The van der Waals surface area contributed by atoms with E-state index < -0.39 is 22.9 Å². The van der Waals surface area contributed by atoms with Gasteiger partial charge in [0, 0.05) is 18.3 Å². The molecular formula is C11H6ClFN2O3. The van der Waals surface area contributed by atoms with E-state index >= 15 is 0 Å². The Labute approximate surface area is 105 Å². The van der Waals surface area contributed by atoms with Crippen LogP contribution in [0.2, 0.25) is 5.02 Å². The van der Waals surface area contributed by atoms with Gasteiger partial charge in [0.1, 0.15) is 5.82 Å². The quantitative estimate of drug-likeness (QED) is 0.900. The van der Waals surface area contributed by atoms with Crippen LogP contribution < -0.4 is 5.43 Å². The van der Waals surface area contributed by atoms with Crippen molar-refractivity contribution in [2.24, 2.45) is 0 Å². The third-order valence-corrected chi connectivity index (χ3v) is 2.49. The summed E-state index contributed by atoms with van der Waals surface area (Å²) in [4.78, 5) is 22.0. The van der Waals surface area contributed by atoms with Crippen molar-refractivity contribution in [1.29, 1.82) is 0 Å². The molecule has 0 saturated heterocycles. The summed E-state index contributed by atoms with van der Waals surface area (Å²) in [6, 6.07) is 4.59.